The number of nitrogens with one attached hydrogen (secondary N) is 1. The van der Waals surface area contributed by atoms with E-state index in [0.29, 0.717) is 24.4 Å². The molecule has 0 radical (unpaired) electrons. The van der Waals surface area contributed by atoms with E-state index >= 15 is 0 Å². The fourth-order valence-corrected chi connectivity index (χ4v) is 4.66. The number of aryl methyl sites for hydroxylation is 1. The summed E-state index contributed by atoms with van der Waals surface area (Å²) in [5.41, 5.74) is 8.70. The second-order valence-corrected chi connectivity index (χ2v) is 7.90. The number of fused-ring (bicyclic) bond motifs is 2. The Hall–Kier alpha value is -0.870. The lowest BCUT2D eigenvalue weighted by atomic mass is 9.65. The third-order valence-corrected chi connectivity index (χ3v) is 6.03. The first-order chi connectivity index (χ1) is 10.5. The Bertz CT molecular complexity index is 546. The van der Waals surface area contributed by atoms with Gasteiger partial charge in [0, 0.05) is 23.0 Å². The number of amides is 1. The highest BCUT2D eigenvalue weighted by Crippen LogP contribution is 2.41. The average Bonchev–Trinajstić information content (AvgIpc) is 2.45. The number of hydrogen-bond donors (Lipinski definition) is 2. The first-order valence-electron chi connectivity index (χ1n) is 8.33. The molecule has 2 saturated carbocycles. The third kappa shape index (κ3) is 3.38. The maximum Gasteiger partial charge on any atom is 0.223 e. The predicted octanol–water partition coefficient (Wildman–Crippen LogP) is 3.53. The van der Waals surface area contributed by atoms with E-state index in [1.54, 1.807) is 0 Å². The summed E-state index contributed by atoms with van der Waals surface area (Å²) in [5, 5.41) is 3.14. The van der Waals surface area contributed by atoms with Crippen LogP contribution in [-0.4, -0.2) is 11.9 Å². The van der Waals surface area contributed by atoms with Gasteiger partial charge in [-0.2, -0.15) is 0 Å². The molecule has 1 amide bonds. The summed E-state index contributed by atoms with van der Waals surface area (Å²) in [6.07, 6.45) is 5.64. The smallest absolute Gasteiger partial charge is 0.223 e. The minimum atomic E-state index is 0.158. The van der Waals surface area contributed by atoms with Crippen LogP contribution < -0.4 is 11.1 Å². The molecule has 2 aliphatic rings. The summed E-state index contributed by atoms with van der Waals surface area (Å²) in [6.45, 7) is 2.70. The van der Waals surface area contributed by atoms with E-state index in [2.05, 4.69) is 40.3 Å². The molecule has 1 aromatic rings. The van der Waals surface area contributed by atoms with E-state index in [-0.39, 0.29) is 11.8 Å². The van der Waals surface area contributed by atoms with Crippen LogP contribution in [0.4, 0.5) is 0 Å². The second kappa shape index (κ2) is 6.71. The molecule has 0 aromatic heterocycles. The third-order valence-electron chi connectivity index (χ3n) is 5.54. The van der Waals surface area contributed by atoms with Gasteiger partial charge >= 0.3 is 0 Å². The predicted molar refractivity (Wildman–Crippen MR) is 92.3 cm³/mol. The SMILES string of the molecule is Cc1cc(Br)ccc1CNC(=O)C1CC2CCCC(C1)C2N. The van der Waals surface area contributed by atoms with Crippen LogP contribution in [0.3, 0.4) is 0 Å². The molecule has 3 rings (SSSR count). The van der Waals surface area contributed by atoms with Gasteiger partial charge in [0.15, 0.2) is 0 Å². The molecule has 0 aliphatic heterocycles. The molecule has 2 bridgehead atoms. The van der Waals surface area contributed by atoms with Crippen LogP contribution in [0.2, 0.25) is 0 Å². The molecule has 0 spiro atoms. The molecule has 1 aromatic carbocycles. The van der Waals surface area contributed by atoms with Crippen molar-refractivity contribution >= 4 is 21.8 Å². The van der Waals surface area contributed by atoms with Gasteiger partial charge in [0.05, 0.1) is 0 Å². The first kappa shape index (κ1) is 16.0. The number of carbonyl (C=O) groups is 1. The summed E-state index contributed by atoms with van der Waals surface area (Å²) in [4.78, 5) is 12.5. The summed E-state index contributed by atoms with van der Waals surface area (Å²) >= 11 is 3.47. The van der Waals surface area contributed by atoms with Crippen LogP contribution in [0.15, 0.2) is 22.7 Å². The molecular weight excluding hydrogens is 340 g/mol. The molecule has 0 saturated heterocycles. The Labute approximate surface area is 141 Å². The van der Waals surface area contributed by atoms with Crippen LogP contribution >= 0.6 is 15.9 Å². The van der Waals surface area contributed by atoms with Gasteiger partial charge in [-0.25, -0.2) is 0 Å². The van der Waals surface area contributed by atoms with Gasteiger partial charge in [-0.3, -0.25) is 4.79 Å². The molecule has 2 fully saturated rings. The maximum atomic E-state index is 12.5. The first-order valence-corrected chi connectivity index (χ1v) is 9.12. The highest BCUT2D eigenvalue weighted by atomic mass is 79.9. The van der Waals surface area contributed by atoms with Crippen LogP contribution in [-0.2, 0) is 11.3 Å². The zero-order valence-electron chi connectivity index (χ0n) is 13.1. The zero-order chi connectivity index (χ0) is 15.7. The van der Waals surface area contributed by atoms with Crippen LogP contribution in [0.25, 0.3) is 0 Å². The van der Waals surface area contributed by atoms with Crippen LogP contribution in [0, 0.1) is 24.7 Å². The molecule has 2 unspecified atom stereocenters. The largest absolute Gasteiger partial charge is 0.352 e. The lowest BCUT2D eigenvalue weighted by Crippen LogP contribution is -2.49. The van der Waals surface area contributed by atoms with Crippen molar-refractivity contribution in [2.45, 2.75) is 51.6 Å². The lowest BCUT2D eigenvalue weighted by molar-refractivity contribution is -0.128. The zero-order valence-corrected chi connectivity index (χ0v) is 14.7. The molecule has 120 valence electrons. The van der Waals surface area contributed by atoms with Crippen molar-refractivity contribution in [3.63, 3.8) is 0 Å². The number of hydrogen-bond acceptors (Lipinski definition) is 2. The van der Waals surface area contributed by atoms with Gasteiger partial charge in [-0.15, -0.1) is 0 Å². The highest BCUT2D eigenvalue weighted by molar-refractivity contribution is 9.10. The quantitative estimate of drug-likeness (QED) is 0.861. The summed E-state index contributed by atoms with van der Waals surface area (Å²) in [5.74, 6) is 1.48. The van der Waals surface area contributed by atoms with Crippen molar-refractivity contribution in [3.8, 4) is 0 Å². The van der Waals surface area contributed by atoms with Gasteiger partial charge in [0.2, 0.25) is 5.91 Å². The summed E-state index contributed by atoms with van der Waals surface area (Å²) < 4.78 is 1.08. The van der Waals surface area contributed by atoms with Crippen molar-refractivity contribution in [1.82, 2.24) is 5.32 Å². The molecule has 3 N–H and O–H groups in total. The summed E-state index contributed by atoms with van der Waals surface area (Å²) in [7, 11) is 0. The lowest BCUT2D eigenvalue weighted by Gasteiger charge is -2.43. The van der Waals surface area contributed by atoms with Crippen molar-refractivity contribution in [1.29, 1.82) is 0 Å². The normalized spacial score (nSPS) is 30.9. The number of benzene rings is 1. The van der Waals surface area contributed by atoms with Gasteiger partial charge < -0.3 is 11.1 Å². The van der Waals surface area contributed by atoms with E-state index in [9.17, 15) is 4.79 Å². The van der Waals surface area contributed by atoms with Crippen LogP contribution in [0.1, 0.15) is 43.2 Å². The Kier molecular flexibility index (Phi) is 4.88. The number of nitrogens with two attached hydrogens (primary N) is 1. The molecule has 2 atom stereocenters. The number of halogens is 1. The second-order valence-electron chi connectivity index (χ2n) is 6.99. The van der Waals surface area contributed by atoms with Gasteiger partial charge in [-0.05, 0) is 67.7 Å². The average molecular weight is 365 g/mol. The van der Waals surface area contributed by atoms with Crippen LogP contribution in [0.5, 0.6) is 0 Å². The van der Waals surface area contributed by atoms with E-state index in [1.165, 1.54) is 30.4 Å². The van der Waals surface area contributed by atoms with E-state index in [1.807, 2.05) is 6.07 Å². The van der Waals surface area contributed by atoms with E-state index in [0.717, 1.165) is 17.3 Å². The topological polar surface area (TPSA) is 55.1 Å². The van der Waals surface area contributed by atoms with Gasteiger partial charge in [-0.1, -0.05) is 28.4 Å². The highest BCUT2D eigenvalue weighted by Gasteiger charge is 2.40. The van der Waals surface area contributed by atoms with Crippen molar-refractivity contribution < 1.29 is 4.79 Å². The molecule has 22 heavy (non-hydrogen) atoms. The van der Waals surface area contributed by atoms with Crippen molar-refractivity contribution in [3.05, 3.63) is 33.8 Å². The fourth-order valence-electron chi connectivity index (χ4n) is 4.19. The standard InChI is InChI=1S/C18H25BrN2O/c1-11-7-16(19)6-5-14(11)10-21-18(22)15-8-12-3-2-4-13(9-15)17(12)20/h5-7,12-13,15,17H,2-4,8-10,20H2,1H3,(H,21,22). The minimum Gasteiger partial charge on any atom is -0.352 e. The Morgan fingerprint density at radius 1 is 1.32 bits per heavy atom. The molecule has 2 aliphatic carbocycles. The van der Waals surface area contributed by atoms with E-state index < -0.39 is 0 Å². The Morgan fingerprint density at radius 2 is 2.00 bits per heavy atom. The number of rotatable bonds is 3. The van der Waals surface area contributed by atoms with Crippen molar-refractivity contribution in [2.75, 3.05) is 0 Å². The van der Waals surface area contributed by atoms with E-state index in [4.69, 9.17) is 5.73 Å². The van der Waals surface area contributed by atoms with Crippen molar-refractivity contribution in [2.24, 2.45) is 23.5 Å². The molecular formula is C18H25BrN2O. The molecule has 4 heteroatoms. The summed E-state index contributed by atoms with van der Waals surface area (Å²) in [6, 6.07) is 6.52. The fraction of sp³-hybridized carbons (Fsp3) is 0.611. The molecule has 3 nitrogen and oxygen atoms in total. The van der Waals surface area contributed by atoms with Gasteiger partial charge in [0.25, 0.3) is 0 Å². The maximum absolute atomic E-state index is 12.5. The van der Waals surface area contributed by atoms with Gasteiger partial charge in [0.1, 0.15) is 0 Å². The Morgan fingerprint density at radius 3 is 2.64 bits per heavy atom. The number of carbonyl (C=O) groups excluding carboxylic acids is 1. The monoisotopic (exact) mass is 364 g/mol. The molecule has 0 heterocycles. The minimum absolute atomic E-state index is 0.158. The Balaban J connectivity index is 1.58.